The molecule has 452 valence electrons. The lowest BCUT2D eigenvalue weighted by atomic mass is 9.85. The Morgan fingerprint density at radius 1 is 0.860 bits per heavy atom. The number of methoxy groups -OCH3 is 2. The molecule has 7 heterocycles. The number of hydrogen-bond donors (Lipinski definition) is 6. The maximum absolute atomic E-state index is 14.1. The number of fused-ring (bicyclic) bond motifs is 2. The molecule has 0 bridgehead atoms. The van der Waals surface area contributed by atoms with Gasteiger partial charge in [0.1, 0.15) is 34.9 Å². The van der Waals surface area contributed by atoms with Gasteiger partial charge in [0.15, 0.2) is 17.5 Å². The van der Waals surface area contributed by atoms with E-state index in [4.69, 9.17) is 34.0 Å². The van der Waals surface area contributed by atoms with Crippen molar-refractivity contribution in [3.8, 4) is 5.75 Å². The van der Waals surface area contributed by atoms with Crippen molar-refractivity contribution in [2.75, 3.05) is 100 Å². The van der Waals surface area contributed by atoms with Gasteiger partial charge < -0.3 is 60.6 Å². The van der Waals surface area contributed by atoms with Crippen LogP contribution in [0.5, 0.6) is 5.75 Å². The van der Waals surface area contributed by atoms with E-state index in [0.717, 1.165) is 96.3 Å². The van der Waals surface area contributed by atoms with Gasteiger partial charge in [-0.25, -0.2) is 34.9 Å². The van der Waals surface area contributed by atoms with Crippen molar-refractivity contribution in [3.05, 3.63) is 118 Å². The number of aliphatic imine (C=N–C) groups is 3. The van der Waals surface area contributed by atoms with Crippen LogP contribution < -0.4 is 36.6 Å². The highest BCUT2D eigenvalue weighted by Gasteiger charge is 2.37. The van der Waals surface area contributed by atoms with Crippen molar-refractivity contribution in [1.29, 1.82) is 0 Å². The van der Waals surface area contributed by atoms with Gasteiger partial charge in [0.05, 0.1) is 43.6 Å². The number of hydrogen-bond acceptors (Lipinski definition) is 19. The van der Waals surface area contributed by atoms with Crippen LogP contribution in [0, 0.1) is 6.92 Å². The maximum atomic E-state index is 14.1. The van der Waals surface area contributed by atoms with Gasteiger partial charge >= 0.3 is 6.18 Å². The van der Waals surface area contributed by atoms with Crippen LogP contribution in [0.15, 0.2) is 104 Å². The summed E-state index contributed by atoms with van der Waals surface area (Å²) in [5.41, 5.74) is 3.15. The van der Waals surface area contributed by atoms with Crippen LogP contribution in [-0.2, 0) is 22.9 Å². The fraction of sp³-hybridized carbons (Fsp3) is 0.433. The number of aromatic nitrogens is 5. The van der Waals surface area contributed by atoms with Crippen LogP contribution in [0.1, 0.15) is 89.6 Å². The van der Waals surface area contributed by atoms with E-state index in [9.17, 15) is 22.8 Å². The first-order valence-corrected chi connectivity index (χ1v) is 28.8. The summed E-state index contributed by atoms with van der Waals surface area (Å²) in [5, 5.41) is 23.6. The van der Waals surface area contributed by atoms with Crippen molar-refractivity contribution in [2.45, 2.75) is 95.7 Å². The highest BCUT2D eigenvalue weighted by molar-refractivity contribution is 6.06. The Kier molecular flexibility index (Phi) is 17.3. The normalized spacial score (nSPS) is 20.1. The van der Waals surface area contributed by atoms with Gasteiger partial charge in [-0.15, -0.1) is 0 Å². The summed E-state index contributed by atoms with van der Waals surface area (Å²) in [6.07, 6.45) is 5.39. The Balaban J connectivity index is 0.900. The largest absolute Gasteiger partial charge is 0.496 e. The predicted octanol–water partition coefficient (Wildman–Crippen LogP) is 8.11. The zero-order valence-corrected chi connectivity index (χ0v) is 49.1. The summed E-state index contributed by atoms with van der Waals surface area (Å²) in [7, 11) is 5.01. The molecule has 6 aromatic rings. The molecule has 3 aromatic carbocycles. The van der Waals surface area contributed by atoms with Crippen LogP contribution in [0.4, 0.5) is 47.8 Å². The number of amides is 2. The lowest BCUT2D eigenvalue weighted by Crippen LogP contribution is -2.55. The number of rotatable bonds is 18. The van der Waals surface area contributed by atoms with E-state index in [2.05, 4.69) is 73.8 Å². The first kappa shape index (κ1) is 59.2. The molecule has 6 N–H and O–H groups in total. The lowest BCUT2D eigenvalue weighted by molar-refractivity contribution is -0.138. The third-order valence-electron chi connectivity index (χ3n) is 16.2. The van der Waals surface area contributed by atoms with E-state index in [0.29, 0.717) is 87.0 Å². The quantitative estimate of drug-likeness (QED) is 0.0475. The first-order chi connectivity index (χ1) is 41.3. The van der Waals surface area contributed by atoms with Gasteiger partial charge in [0.25, 0.3) is 11.8 Å². The van der Waals surface area contributed by atoms with Crippen LogP contribution in [0.3, 0.4) is 0 Å². The van der Waals surface area contributed by atoms with Crippen molar-refractivity contribution < 1.29 is 36.8 Å². The van der Waals surface area contributed by atoms with Crippen molar-refractivity contribution in [3.63, 3.8) is 0 Å². The van der Waals surface area contributed by atoms with Gasteiger partial charge in [0.2, 0.25) is 11.9 Å². The number of aryl methyl sites for hydroxylation is 1. The smallest absolute Gasteiger partial charge is 0.420 e. The second-order valence-electron chi connectivity index (χ2n) is 23.3. The summed E-state index contributed by atoms with van der Waals surface area (Å²) in [6, 6.07) is 15.5. The minimum absolute atomic E-state index is 0.0142. The Morgan fingerprint density at radius 3 is 2.35 bits per heavy atom. The number of likely N-dealkylation sites (N-methyl/N-ethyl adjacent to an activating group) is 1. The second kappa shape index (κ2) is 25.2. The van der Waals surface area contributed by atoms with Gasteiger partial charge in [-0.3, -0.25) is 14.5 Å². The highest BCUT2D eigenvalue weighted by Crippen LogP contribution is 2.39. The average molecular weight is 1180 g/mol. The SMILES string of the molecule is COCCN1CCC(N=C2N=CC3C(=C(Nc4cc(C(=O)Nc5cc(C(C)(C)C)on5)ccc4C)N=CN3Cc3ccc(C(=O)Nc4ccc(OC)c(C(F)(F)F)c4)cc3Nc3ncnc4cnc(NC5CC(N6CCN(C)CC6)C5)nc34)N2)CC1. The van der Waals surface area contributed by atoms with Gasteiger partial charge in [0, 0.05) is 117 Å². The number of anilines is 6. The number of piperazine rings is 1. The minimum atomic E-state index is -4.74. The molecule has 1 atom stereocenters. The molecule has 1 saturated carbocycles. The molecule has 2 saturated heterocycles. The molecule has 1 unspecified atom stereocenters. The first-order valence-electron chi connectivity index (χ1n) is 28.8. The third-order valence-corrected chi connectivity index (χ3v) is 16.2. The van der Waals surface area contributed by atoms with Gasteiger partial charge in [-0.2, -0.15) is 13.2 Å². The molecule has 3 fully saturated rings. The second-order valence-corrected chi connectivity index (χ2v) is 23.3. The predicted molar refractivity (Wildman–Crippen MR) is 324 cm³/mol. The fourth-order valence-corrected chi connectivity index (χ4v) is 10.9. The van der Waals surface area contributed by atoms with E-state index in [1.165, 1.54) is 12.4 Å². The molecule has 5 aliphatic rings. The molecule has 11 rings (SSSR count). The summed E-state index contributed by atoms with van der Waals surface area (Å²) in [6.45, 7) is 15.5. The standard InChI is InChI=1S/C60H71F3N18O5/c1-35-8-9-36(56(83)74-50-29-49(86-77-50)59(2,3)4)24-44(35)72-54-52-47(31-65-58(76-52)70-39-14-16-79(17-15-39)22-23-84-6)81(34-68-54)32-38-11-10-37(55(82)69-40-12-13-48(85-7)43(28-40)60(61,62)63)25-45(38)73-53-51-46(66-33-67-53)30-64-57(75-51)71-41-26-42(27-41)80-20-18-78(5)19-21-80/h8-13,24-25,28-31,33-34,39,41-42,47,72H,14-23,26-27,32H2,1-7H3,(H,69,82)(H,70,76)(H,64,71,75)(H,66,67,73)(H,74,77,83). The molecule has 0 radical (unpaired) electrons. The number of halogens is 3. The summed E-state index contributed by atoms with van der Waals surface area (Å²) in [4.78, 5) is 70.7. The van der Waals surface area contributed by atoms with Gasteiger partial charge in [-0.1, -0.05) is 38.1 Å². The molecule has 0 spiro atoms. The molecule has 3 aromatic heterocycles. The topological polar surface area (TPSA) is 252 Å². The zero-order valence-electron chi connectivity index (χ0n) is 49.1. The Morgan fingerprint density at radius 2 is 1.62 bits per heavy atom. The number of guanidine groups is 1. The number of carbonyl (C=O) groups is 2. The highest BCUT2D eigenvalue weighted by atomic mass is 19.4. The van der Waals surface area contributed by atoms with Crippen LogP contribution in [-0.4, -0.2) is 173 Å². The van der Waals surface area contributed by atoms with E-state index in [-0.39, 0.29) is 47.0 Å². The molecular formula is C60H71F3N18O5. The fourth-order valence-electron chi connectivity index (χ4n) is 10.9. The molecule has 2 amide bonds. The molecule has 1 aliphatic carbocycles. The summed E-state index contributed by atoms with van der Waals surface area (Å²) >= 11 is 0. The summed E-state index contributed by atoms with van der Waals surface area (Å²) in [5.74, 6) is 1.11. The molecular weight excluding hydrogens is 1110 g/mol. The average Bonchev–Trinajstić information content (AvgIpc) is 1.93. The number of ether oxygens (including phenoxy) is 2. The van der Waals surface area contributed by atoms with Crippen LogP contribution >= 0.6 is 0 Å². The van der Waals surface area contributed by atoms with Gasteiger partial charge in [-0.05, 0) is 93.2 Å². The number of nitrogens with one attached hydrogen (secondary N) is 6. The minimum Gasteiger partial charge on any atom is -0.496 e. The molecule has 86 heavy (non-hydrogen) atoms. The van der Waals surface area contributed by atoms with E-state index >= 15 is 0 Å². The summed E-state index contributed by atoms with van der Waals surface area (Å²) < 4.78 is 58.2. The van der Waals surface area contributed by atoms with Crippen molar-refractivity contribution in [1.82, 2.24) is 50.0 Å². The molecule has 23 nitrogen and oxygen atoms in total. The Labute approximate surface area is 496 Å². The third kappa shape index (κ3) is 13.7. The van der Waals surface area contributed by atoms with Crippen LogP contribution in [0.2, 0.25) is 0 Å². The molecule has 26 heteroatoms. The Bertz CT molecular complexity index is 3600. The van der Waals surface area contributed by atoms with E-state index in [1.807, 2.05) is 44.9 Å². The Hall–Kier alpha value is -8.59. The number of benzene rings is 3. The molecule has 4 aliphatic heterocycles. The number of likely N-dealkylation sites (tertiary alicyclic amines) is 1. The monoisotopic (exact) mass is 1180 g/mol. The van der Waals surface area contributed by atoms with Crippen molar-refractivity contribution in [2.24, 2.45) is 15.0 Å². The lowest BCUT2D eigenvalue weighted by Gasteiger charge is -2.46. The van der Waals surface area contributed by atoms with E-state index < -0.39 is 23.7 Å². The van der Waals surface area contributed by atoms with Crippen LogP contribution in [0.25, 0.3) is 11.0 Å². The number of piperidine rings is 1. The zero-order chi connectivity index (χ0) is 60.3. The van der Waals surface area contributed by atoms with Crippen molar-refractivity contribution >= 4 is 76.0 Å². The number of alkyl halides is 3. The number of nitrogens with zero attached hydrogens (tertiary/aromatic N) is 12. The maximum Gasteiger partial charge on any atom is 0.420 e. The van der Waals surface area contributed by atoms with E-state index in [1.54, 1.807) is 56.0 Å². The number of carbonyl (C=O) groups excluding carboxylic acids is 2.